The Morgan fingerprint density at radius 1 is 1.00 bits per heavy atom. The molecule has 8 heteroatoms. The van der Waals surface area contributed by atoms with Crippen molar-refractivity contribution in [3.63, 3.8) is 0 Å². The van der Waals surface area contributed by atoms with Crippen molar-refractivity contribution in [1.29, 1.82) is 0 Å². The largest absolute Gasteiger partial charge is 0.320 e. The van der Waals surface area contributed by atoms with Crippen molar-refractivity contribution in [3.8, 4) is 0 Å². The lowest BCUT2D eigenvalue weighted by atomic mass is 10.4. The Bertz CT molecular complexity index is 192. The van der Waals surface area contributed by atoms with Gasteiger partial charge in [0.2, 0.25) is 10.2 Å². The number of carbonyl (C=O) groups excluding carboxylic acids is 2. The lowest BCUT2D eigenvalue weighted by molar-refractivity contribution is -0.112. The van der Waals surface area contributed by atoms with Gasteiger partial charge in [0.05, 0.1) is 12.1 Å². The van der Waals surface area contributed by atoms with Crippen molar-refractivity contribution in [2.75, 3.05) is 11.5 Å². The molecule has 2 atom stereocenters. The van der Waals surface area contributed by atoms with Crippen molar-refractivity contribution in [2.45, 2.75) is 12.1 Å². The first-order valence-corrected chi connectivity index (χ1v) is 7.09. The lowest BCUT2D eigenvalue weighted by Crippen LogP contribution is -2.31. The maximum absolute atomic E-state index is 11.1. The van der Waals surface area contributed by atoms with Gasteiger partial charge in [0, 0.05) is 11.5 Å². The summed E-state index contributed by atoms with van der Waals surface area (Å²) >= 11 is 7.74. The highest BCUT2D eigenvalue weighted by Gasteiger charge is 2.18. The Hall–Kier alpha value is 0.660. The van der Waals surface area contributed by atoms with E-state index in [1.165, 1.54) is 0 Å². The molecule has 0 aromatic heterocycles. The molecule has 0 bridgehead atoms. The summed E-state index contributed by atoms with van der Waals surface area (Å²) in [5, 5.41) is -0.547. The molecule has 0 aliphatic carbocycles. The molecule has 0 heterocycles. The monoisotopic (exact) mass is 272 g/mol. The molecule has 0 aromatic carbocycles. The van der Waals surface area contributed by atoms with Gasteiger partial charge in [-0.25, -0.2) is 0 Å². The molecule has 0 fully saturated rings. The van der Waals surface area contributed by atoms with Crippen molar-refractivity contribution >= 4 is 57.1 Å². The van der Waals surface area contributed by atoms with Crippen LogP contribution in [0.3, 0.4) is 0 Å². The van der Waals surface area contributed by atoms with E-state index in [1.807, 2.05) is 0 Å². The van der Waals surface area contributed by atoms with Gasteiger partial charge in [-0.2, -0.15) is 25.3 Å². The van der Waals surface area contributed by atoms with Crippen molar-refractivity contribution in [1.82, 2.24) is 0 Å². The van der Waals surface area contributed by atoms with Gasteiger partial charge in [-0.3, -0.25) is 9.59 Å². The molecule has 0 saturated heterocycles. The van der Waals surface area contributed by atoms with Crippen molar-refractivity contribution in [3.05, 3.63) is 0 Å². The summed E-state index contributed by atoms with van der Waals surface area (Å²) < 4.78 is 0. The van der Waals surface area contributed by atoms with E-state index in [9.17, 15) is 9.59 Å². The molecular weight excluding hydrogens is 260 g/mol. The van der Waals surface area contributed by atoms with Crippen molar-refractivity contribution < 1.29 is 9.59 Å². The molecule has 0 aromatic rings. The van der Waals surface area contributed by atoms with Gasteiger partial charge in [0.15, 0.2) is 0 Å². The van der Waals surface area contributed by atoms with E-state index in [4.69, 9.17) is 11.5 Å². The number of carbonyl (C=O) groups is 2. The van der Waals surface area contributed by atoms with Crippen LogP contribution in [0.5, 0.6) is 0 Å². The SMILES string of the molecule is N[C@@H](CS)C(=O)SSC(=O)[C@@H](N)CS. The average Bonchev–Trinajstić information content (AvgIpc) is 2.22. The Kier molecular flexibility index (Phi) is 8.26. The molecular formula is C6H12N2O2S4. The molecule has 0 rings (SSSR count). The van der Waals surface area contributed by atoms with Gasteiger partial charge in [-0.05, 0) is 21.6 Å². The zero-order valence-corrected chi connectivity index (χ0v) is 10.7. The molecule has 0 aliphatic heterocycles. The zero-order chi connectivity index (χ0) is 11.1. The van der Waals surface area contributed by atoms with Crippen LogP contribution in [-0.4, -0.2) is 33.8 Å². The van der Waals surface area contributed by atoms with Gasteiger partial charge in [-0.1, -0.05) is 0 Å². The molecule has 4 nitrogen and oxygen atoms in total. The minimum atomic E-state index is -0.643. The van der Waals surface area contributed by atoms with E-state index in [2.05, 4.69) is 25.3 Å². The number of nitrogens with two attached hydrogens (primary N) is 2. The molecule has 82 valence electrons. The second kappa shape index (κ2) is 7.89. The van der Waals surface area contributed by atoms with Crippen molar-refractivity contribution in [2.24, 2.45) is 11.5 Å². The molecule has 0 unspecified atom stereocenters. The predicted octanol–water partition coefficient (Wildman–Crippen LogP) is -0.0648. The average molecular weight is 272 g/mol. The summed E-state index contributed by atoms with van der Waals surface area (Å²) in [4.78, 5) is 22.3. The summed E-state index contributed by atoms with van der Waals surface area (Å²) in [5.74, 6) is 0.526. The minimum Gasteiger partial charge on any atom is -0.320 e. The lowest BCUT2D eigenvalue weighted by Gasteiger charge is -2.07. The quantitative estimate of drug-likeness (QED) is 0.424. The van der Waals surface area contributed by atoms with E-state index in [0.717, 1.165) is 21.6 Å². The number of hydrogen-bond donors (Lipinski definition) is 4. The Labute approximate surface area is 102 Å². The normalized spacial score (nSPS) is 14.9. The topological polar surface area (TPSA) is 86.2 Å². The summed E-state index contributed by atoms with van der Waals surface area (Å²) in [5.41, 5.74) is 10.8. The van der Waals surface area contributed by atoms with E-state index >= 15 is 0 Å². The van der Waals surface area contributed by atoms with Gasteiger partial charge in [0.25, 0.3) is 0 Å². The van der Waals surface area contributed by atoms with Gasteiger partial charge in [-0.15, -0.1) is 0 Å². The van der Waals surface area contributed by atoms with Crippen LogP contribution in [0.25, 0.3) is 0 Å². The standard InChI is InChI=1S/C6H12N2O2S4/c7-3(1-11)5(9)13-14-6(10)4(8)2-12/h3-4,11-12H,1-2,7-8H2/t3-,4-/m0/s1. The number of thiol groups is 2. The van der Waals surface area contributed by atoms with Crippen LogP contribution < -0.4 is 11.5 Å². The summed E-state index contributed by atoms with van der Waals surface area (Å²) in [6, 6.07) is -1.29. The van der Waals surface area contributed by atoms with E-state index in [-0.39, 0.29) is 21.7 Å². The first kappa shape index (κ1) is 14.7. The van der Waals surface area contributed by atoms with Crippen LogP contribution in [-0.2, 0) is 9.59 Å². The third-order valence-corrected chi connectivity index (χ3v) is 4.24. The molecule has 14 heavy (non-hydrogen) atoms. The molecule has 4 N–H and O–H groups in total. The van der Waals surface area contributed by atoms with Gasteiger partial charge >= 0.3 is 0 Å². The van der Waals surface area contributed by atoms with Crippen LogP contribution in [0.1, 0.15) is 0 Å². The van der Waals surface area contributed by atoms with Crippen LogP contribution in [0, 0.1) is 0 Å². The fourth-order valence-corrected chi connectivity index (χ4v) is 2.75. The van der Waals surface area contributed by atoms with Crippen LogP contribution in [0.15, 0.2) is 0 Å². The number of hydrogen-bond acceptors (Lipinski definition) is 8. The smallest absolute Gasteiger partial charge is 0.217 e. The third kappa shape index (κ3) is 5.52. The molecule has 0 aliphatic rings. The summed E-state index contributed by atoms with van der Waals surface area (Å²) in [6.07, 6.45) is 0. The highest BCUT2D eigenvalue weighted by Crippen LogP contribution is 2.25. The maximum atomic E-state index is 11.1. The predicted molar refractivity (Wildman–Crippen MR) is 68.9 cm³/mol. The summed E-state index contributed by atoms with van der Waals surface area (Å²) in [6.45, 7) is 0. The Morgan fingerprint density at radius 3 is 1.50 bits per heavy atom. The second-order valence-electron chi connectivity index (χ2n) is 2.38. The van der Waals surface area contributed by atoms with Crippen LogP contribution in [0.4, 0.5) is 0 Å². The zero-order valence-electron chi connectivity index (χ0n) is 7.25. The number of rotatable bonds is 4. The molecule has 0 radical (unpaired) electrons. The van der Waals surface area contributed by atoms with Gasteiger partial charge < -0.3 is 11.5 Å². The first-order chi connectivity index (χ1) is 6.52. The summed E-state index contributed by atoms with van der Waals surface area (Å²) in [7, 11) is 1.60. The minimum absolute atomic E-state index is 0.263. The van der Waals surface area contributed by atoms with E-state index in [0.29, 0.717) is 0 Å². The fourth-order valence-electron chi connectivity index (χ4n) is 0.355. The first-order valence-electron chi connectivity index (χ1n) is 3.68. The molecule has 0 saturated carbocycles. The molecule has 0 amide bonds. The highest BCUT2D eigenvalue weighted by atomic mass is 33.1. The Balaban J connectivity index is 3.83. The van der Waals surface area contributed by atoms with E-state index in [1.54, 1.807) is 0 Å². The third-order valence-electron chi connectivity index (χ3n) is 1.20. The maximum Gasteiger partial charge on any atom is 0.217 e. The fraction of sp³-hybridized carbons (Fsp3) is 0.667. The van der Waals surface area contributed by atoms with Crippen LogP contribution >= 0.6 is 46.8 Å². The highest BCUT2D eigenvalue weighted by molar-refractivity contribution is 8.87. The molecule has 0 spiro atoms. The van der Waals surface area contributed by atoms with Crippen LogP contribution in [0.2, 0.25) is 0 Å². The second-order valence-corrected chi connectivity index (χ2v) is 5.25. The van der Waals surface area contributed by atoms with Gasteiger partial charge in [0.1, 0.15) is 0 Å². The Morgan fingerprint density at radius 2 is 1.29 bits per heavy atom. The van der Waals surface area contributed by atoms with E-state index < -0.39 is 12.1 Å².